The molecule has 0 atom stereocenters. The van der Waals surface area contributed by atoms with Gasteiger partial charge in [0.25, 0.3) is 0 Å². The van der Waals surface area contributed by atoms with E-state index in [9.17, 15) is 4.39 Å². The number of fused-ring (bicyclic) bond motifs is 6. The fourth-order valence-electron chi connectivity index (χ4n) is 6.49. The van der Waals surface area contributed by atoms with Gasteiger partial charge in [-0.05, 0) is 63.4 Å². The molecular weight excluding hydrogens is 529 g/mol. The van der Waals surface area contributed by atoms with Crippen molar-refractivity contribution in [1.82, 2.24) is 15.0 Å². The van der Waals surface area contributed by atoms with Gasteiger partial charge >= 0.3 is 0 Å². The van der Waals surface area contributed by atoms with Crippen LogP contribution in [0.25, 0.3) is 88.6 Å². The van der Waals surface area contributed by atoms with Gasteiger partial charge in [0.15, 0.2) is 0 Å². The van der Waals surface area contributed by atoms with E-state index in [-0.39, 0.29) is 5.82 Å². The third-order valence-electron chi connectivity index (χ3n) is 8.53. The normalized spacial score (nSPS) is 11.8. The van der Waals surface area contributed by atoms with E-state index in [1.165, 1.54) is 45.3 Å². The lowest BCUT2D eigenvalue weighted by Gasteiger charge is -2.11. The quantitative estimate of drug-likeness (QED) is 0.205. The lowest BCUT2D eigenvalue weighted by molar-refractivity contribution is 0.622. The second-order valence-electron chi connectivity index (χ2n) is 11.0. The van der Waals surface area contributed by atoms with Crippen LogP contribution in [0.2, 0.25) is 0 Å². The Bertz CT molecular complexity index is 2380. The molecule has 1 aliphatic carbocycles. The Balaban J connectivity index is 1.20. The first-order valence-electron chi connectivity index (χ1n) is 14.3. The number of hydrogen-bond acceptors (Lipinski definition) is 3. The van der Waals surface area contributed by atoms with Gasteiger partial charge in [-0.2, -0.15) is 0 Å². The number of pyridine rings is 3. The van der Waals surface area contributed by atoms with Crippen LogP contribution in [0.1, 0.15) is 0 Å². The third-order valence-corrected chi connectivity index (χ3v) is 8.53. The molecule has 0 saturated carbocycles. The maximum atomic E-state index is 13.5. The van der Waals surface area contributed by atoms with Crippen molar-refractivity contribution in [1.29, 1.82) is 0 Å². The summed E-state index contributed by atoms with van der Waals surface area (Å²) < 4.78 is 13.5. The van der Waals surface area contributed by atoms with Crippen LogP contribution in [0.4, 0.5) is 4.39 Å². The predicted molar refractivity (Wildman–Crippen MR) is 173 cm³/mol. The molecule has 43 heavy (non-hydrogen) atoms. The highest BCUT2D eigenvalue weighted by molar-refractivity contribution is 6.18. The molecule has 0 saturated heterocycles. The molecule has 0 radical (unpaired) electrons. The molecule has 200 valence electrons. The van der Waals surface area contributed by atoms with Crippen molar-refractivity contribution in [2.75, 3.05) is 0 Å². The standard InChI is InChI=1S/C39H22FN3/c40-27-15-20-34(41-22-27)25-5-3-6-26(21-25)35-18-13-23-11-12-24-14-19-36(43-39(24)38(23)42-35)30-16-17-33-29-8-2-1-7-28(29)31-9-4-10-32(30)37(31)33/h1-22H. The molecule has 0 spiro atoms. The highest BCUT2D eigenvalue weighted by atomic mass is 19.1. The number of halogens is 1. The minimum absolute atomic E-state index is 0.350. The average molecular weight is 552 g/mol. The van der Waals surface area contributed by atoms with Crippen LogP contribution in [0.5, 0.6) is 0 Å². The summed E-state index contributed by atoms with van der Waals surface area (Å²) in [6.45, 7) is 0. The molecular formula is C39H22FN3. The predicted octanol–water partition coefficient (Wildman–Crippen LogP) is 10.1. The molecule has 3 heterocycles. The summed E-state index contributed by atoms with van der Waals surface area (Å²) in [6, 6.07) is 43.4. The average Bonchev–Trinajstić information content (AvgIpc) is 3.40. The largest absolute Gasteiger partial charge is 0.253 e. The molecule has 0 unspecified atom stereocenters. The van der Waals surface area contributed by atoms with Crippen LogP contribution in [0.15, 0.2) is 134 Å². The Morgan fingerprint density at radius 2 is 1.02 bits per heavy atom. The van der Waals surface area contributed by atoms with Gasteiger partial charge in [0.1, 0.15) is 5.82 Å². The molecule has 0 N–H and O–H groups in total. The smallest absolute Gasteiger partial charge is 0.141 e. The monoisotopic (exact) mass is 551 g/mol. The third kappa shape index (κ3) is 3.70. The van der Waals surface area contributed by atoms with E-state index in [4.69, 9.17) is 9.97 Å². The van der Waals surface area contributed by atoms with Crippen LogP contribution in [-0.4, -0.2) is 15.0 Å². The molecule has 0 amide bonds. The van der Waals surface area contributed by atoms with E-state index in [2.05, 4.69) is 89.9 Å². The van der Waals surface area contributed by atoms with Crippen LogP contribution < -0.4 is 0 Å². The van der Waals surface area contributed by atoms with Crippen molar-refractivity contribution >= 4 is 32.6 Å². The minimum Gasteiger partial charge on any atom is -0.253 e. The van der Waals surface area contributed by atoms with Crippen LogP contribution >= 0.6 is 0 Å². The fraction of sp³-hybridized carbons (Fsp3) is 0. The lowest BCUT2D eigenvalue weighted by atomic mass is 9.96. The van der Waals surface area contributed by atoms with Gasteiger partial charge in [-0.3, -0.25) is 4.98 Å². The zero-order valence-electron chi connectivity index (χ0n) is 22.9. The second kappa shape index (κ2) is 9.13. The number of hydrogen-bond donors (Lipinski definition) is 0. The molecule has 0 aliphatic heterocycles. The van der Waals surface area contributed by atoms with Crippen molar-refractivity contribution in [3.8, 4) is 56.0 Å². The lowest BCUT2D eigenvalue weighted by Crippen LogP contribution is -1.92. The summed E-state index contributed by atoms with van der Waals surface area (Å²) in [4.78, 5) is 14.7. The highest BCUT2D eigenvalue weighted by Gasteiger charge is 2.22. The van der Waals surface area contributed by atoms with Crippen LogP contribution in [0.3, 0.4) is 0 Å². The second-order valence-corrected chi connectivity index (χ2v) is 11.0. The van der Waals surface area contributed by atoms with Crippen molar-refractivity contribution in [2.24, 2.45) is 0 Å². The summed E-state index contributed by atoms with van der Waals surface area (Å²) in [5, 5.41) is 4.58. The Morgan fingerprint density at radius 3 is 1.77 bits per heavy atom. The first kappa shape index (κ1) is 23.9. The number of aromatic nitrogens is 3. The van der Waals surface area contributed by atoms with Crippen molar-refractivity contribution < 1.29 is 4.39 Å². The first-order valence-corrected chi connectivity index (χ1v) is 14.3. The Hall–Kier alpha value is -5.74. The summed E-state index contributed by atoms with van der Waals surface area (Å²) in [5.41, 5.74) is 12.3. The Labute approximate surface area is 247 Å². The minimum atomic E-state index is -0.350. The Morgan fingerprint density at radius 1 is 0.442 bits per heavy atom. The zero-order valence-corrected chi connectivity index (χ0v) is 22.9. The molecule has 5 aromatic carbocycles. The summed E-state index contributed by atoms with van der Waals surface area (Å²) >= 11 is 0. The van der Waals surface area contributed by atoms with Gasteiger partial charge in [0, 0.05) is 27.5 Å². The molecule has 4 heteroatoms. The number of rotatable bonds is 3. The zero-order chi connectivity index (χ0) is 28.5. The van der Waals surface area contributed by atoms with Crippen LogP contribution in [0, 0.1) is 5.82 Å². The van der Waals surface area contributed by atoms with Gasteiger partial charge < -0.3 is 0 Å². The SMILES string of the molecule is Fc1ccc(-c2cccc(-c3ccc4ccc5ccc(-c6ccc7c8c(cccc68)-c6ccccc6-7)nc5c4n3)c2)nc1. The van der Waals surface area contributed by atoms with E-state index >= 15 is 0 Å². The number of benzene rings is 5. The Kier molecular flexibility index (Phi) is 5.08. The molecule has 3 aromatic heterocycles. The molecule has 0 fully saturated rings. The van der Waals surface area contributed by atoms with Gasteiger partial charge in [-0.15, -0.1) is 0 Å². The van der Waals surface area contributed by atoms with Crippen molar-refractivity contribution in [3.63, 3.8) is 0 Å². The maximum absolute atomic E-state index is 13.5. The van der Waals surface area contributed by atoms with E-state index < -0.39 is 0 Å². The van der Waals surface area contributed by atoms with Gasteiger partial charge in [-0.1, -0.05) is 97.1 Å². The van der Waals surface area contributed by atoms with Crippen molar-refractivity contribution in [3.05, 3.63) is 139 Å². The van der Waals surface area contributed by atoms with Crippen LogP contribution in [-0.2, 0) is 0 Å². The molecule has 9 rings (SSSR count). The highest BCUT2D eigenvalue weighted by Crippen LogP contribution is 2.49. The molecule has 1 aliphatic rings. The first-order chi connectivity index (χ1) is 21.2. The summed E-state index contributed by atoms with van der Waals surface area (Å²) in [7, 11) is 0. The van der Waals surface area contributed by atoms with E-state index in [0.29, 0.717) is 5.69 Å². The fourth-order valence-corrected chi connectivity index (χ4v) is 6.49. The summed E-state index contributed by atoms with van der Waals surface area (Å²) in [6.07, 6.45) is 1.24. The topological polar surface area (TPSA) is 38.7 Å². The molecule has 8 aromatic rings. The van der Waals surface area contributed by atoms with E-state index in [0.717, 1.165) is 49.9 Å². The summed E-state index contributed by atoms with van der Waals surface area (Å²) in [5.74, 6) is -0.350. The van der Waals surface area contributed by atoms with Gasteiger partial charge in [0.2, 0.25) is 0 Å². The van der Waals surface area contributed by atoms with Crippen molar-refractivity contribution in [2.45, 2.75) is 0 Å². The van der Waals surface area contributed by atoms with Gasteiger partial charge in [-0.25, -0.2) is 14.4 Å². The maximum Gasteiger partial charge on any atom is 0.141 e. The molecule has 3 nitrogen and oxygen atoms in total. The van der Waals surface area contributed by atoms with Gasteiger partial charge in [0.05, 0.1) is 34.3 Å². The van der Waals surface area contributed by atoms with E-state index in [1.807, 2.05) is 30.3 Å². The van der Waals surface area contributed by atoms with E-state index in [1.54, 1.807) is 6.07 Å². The molecule has 0 bridgehead atoms. The number of nitrogens with zero attached hydrogens (tertiary/aromatic N) is 3.